The summed E-state index contributed by atoms with van der Waals surface area (Å²) in [5.41, 5.74) is 4.87. The van der Waals surface area contributed by atoms with Crippen LogP contribution < -0.4 is 66.6 Å². The van der Waals surface area contributed by atoms with Crippen molar-refractivity contribution in [3.8, 4) is 29.7 Å². The fraction of sp³-hybridized carbons (Fsp3) is 0.523. The number of nitrogens with one attached hydrogen (secondary N) is 8. The number of hydrogen-bond donors (Lipinski definition) is 9. The second-order valence-corrected chi connectivity index (χ2v) is 16.8. The average molecular weight is 1250 g/mol. The molecule has 0 spiro atoms. The monoisotopic (exact) mass is 1250 g/mol. The Labute approximate surface area is 491 Å². The molecule has 0 aromatic carbocycles. The van der Waals surface area contributed by atoms with Crippen molar-refractivity contribution in [2.45, 2.75) is 40.0 Å². The van der Waals surface area contributed by atoms with Crippen LogP contribution in [0.15, 0.2) is 68.4 Å². The van der Waals surface area contributed by atoms with E-state index in [0.29, 0.717) is 47.6 Å². The van der Waals surface area contributed by atoms with E-state index in [0.717, 1.165) is 19.1 Å². The van der Waals surface area contributed by atoms with Crippen LogP contribution in [0.4, 0.5) is 9.59 Å². The molecule has 1 fully saturated rings. The number of sulfonamides is 1. The minimum absolute atomic E-state index is 0.00463. The van der Waals surface area contributed by atoms with Gasteiger partial charge in [-0.25, -0.2) is 37.8 Å². The number of hydrazone groups is 1. The Morgan fingerprint density at radius 3 is 1.46 bits per heavy atom. The quantitative estimate of drug-likeness (QED) is 0.0289. The van der Waals surface area contributed by atoms with Gasteiger partial charge in [0.1, 0.15) is 11.4 Å². The molecule has 0 atom stereocenters. The largest absolute Gasteiger partial charge is 0.480 e. The average Bonchev–Trinajstić information content (AvgIpc) is 3.85. The highest BCUT2D eigenvalue weighted by Gasteiger charge is 2.28. The summed E-state index contributed by atoms with van der Waals surface area (Å²) in [6, 6.07) is 5.29. The van der Waals surface area contributed by atoms with E-state index in [1.807, 2.05) is 36.1 Å². The first-order valence-electron chi connectivity index (χ1n) is 22.9. The summed E-state index contributed by atoms with van der Waals surface area (Å²) >= 11 is 4.19. The van der Waals surface area contributed by atoms with Crippen LogP contribution in [0.5, 0.6) is 23.5 Å². The Morgan fingerprint density at radius 1 is 0.829 bits per heavy atom. The van der Waals surface area contributed by atoms with Crippen molar-refractivity contribution in [3.05, 3.63) is 63.9 Å². The maximum absolute atomic E-state index is 10.5. The van der Waals surface area contributed by atoms with E-state index in [2.05, 4.69) is 94.6 Å². The highest BCUT2D eigenvalue weighted by atomic mass is 32.2. The zero-order chi connectivity index (χ0) is 64.6. The first-order chi connectivity index (χ1) is 38.8. The number of aromatic nitrogens is 5. The molecular weight excluding hydrogens is 1160 g/mol. The molecule has 1 saturated carbocycles. The zero-order valence-corrected chi connectivity index (χ0v) is 52.6. The van der Waals surface area contributed by atoms with Crippen molar-refractivity contribution in [1.29, 1.82) is 5.26 Å². The molecule has 468 valence electrons. The molecule has 5 amide bonds. The first kappa shape index (κ1) is 87.4. The second-order valence-electron chi connectivity index (χ2n) is 12.7. The molecule has 0 radical (unpaired) electrons. The van der Waals surface area contributed by atoms with Crippen molar-refractivity contribution in [2.75, 3.05) is 111 Å². The number of carbonyl (C=O) groups is 5. The van der Waals surface area contributed by atoms with Gasteiger partial charge in [0, 0.05) is 110 Å². The van der Waals surface area contributed by atoms with Gasteiger partial charge in [-0.15, -0.1) is 0 Å². The molecule has 4 aromatic heterocycles. The van der Waals surface area contributed by atoms with Crippen LogP contribution in [-0.4, -0.2) is 189 Å². The number of rotatable bonds is 9. The molecule has 0 bridgehead atoms. The smallest absolute Gasteiger partial charge is 0.406 e. The standard InChI is InChI=1S/C5H6N2O.C5H9NO.C4H7N3S.C4H5NO2.C4H9NO2.2C4H5NOS.C4H9NO.C3H7NO2.C3H7NO.C2H6N4O2.C2H7NO2S/c1-8-5-4-6-2-3-7-5;1-6-5(7)4-2-3-4;1-6-4(8-2)7-3-5;1-6-4-2-3-7-5-4;1-3-7-4(6)5-2;2*1-6-4-2-3-7-5-4;1-3-4(6)5-2;1-4-3(5)6-2;1-3(5)4-2;1-4-2(3)5-6(7)8;1-3-6(2,4)5/h2-4H,1H3;4H,2-3H2,1H3,(H,6,7);1-2H3,(H,6,7);2-3H,1H3;3H2,1-2H3,(H,5,6);2*2-3H,1H3;3H2,1-2H3,(H,5,6);1-2H3,(H,4,5);1-2H3,(H,4,5);1H3,(H3,3,4,5);3H,1-2H3. The fourth-order valence-electron chi connectivity index (χ4n) is 2.73. The number of nitriles is 1. The van der Waals surface area contributed by atoms with Crippen LogP contribution >= 0.6 is 34.8 Å². The van der Waals surface area contributed by atoms with Crippen molar-refractivity contribution in [3.63, 3.8) is 0 Å². The first-order valence-corrected chi connectivity index (χ1v) is 27.7. The number of methoxy groups -OCH3 is 5. The molecule has 34 nitrogen and oxygen atoms in total. The van der Waals surface area contributed by atoms with Crippen LogP contribution in [0.25, 0.3) is 0 Å². The lowest BCUT2D eigenvalue weighted by molar-refractivity contribution is -0.485. The number of amides is 5. The van der Waals surface area contributed by atoms with Crippen LogP contribution in [0, 0.1) is 27.5 Å². The summed E-state index contributed by atoms with van der Waals surface area (Å²) < 4.78 is 61.5. The number of ether oxygens (including phenoxy) is 6. The van der Waals surface area contributed by atoms with E-state index in [1.165, 1.54) is 90.4 Å². The SMILES string of the molecule is CCC(=O)NC.CCOC(=O)NC.CN/C(N)=N/[N+](=O)[O-].CN=C(NC#N)SC.CNC(=O)C1CC1.CNC(=O)OC.CNC(C)=O.CNS(C)(=O)=O.COc1ccon1.COc1ccsn1.COc1ccsn1.COc1cnccn1. The molecule has 0 saturated heterocycles. The number of nitro groups is 1. The number of hydrogen-bond acceptors (Lipinski definition) is 26. The topological polar surface area (TPSA) is 466 Å². The number of carbonyl (C=O) groups excluding carboxylic acids is 5. The summed E-state index contributed by atoms with van der Waals surface area (Å²) in [5, 5.41) is 43.9. The van der Waals surface area contributed by atoms with Gasteiger partial charge in [0.05, 0.1) is 54.6 Å². The number of aliphatic imine (C=N–C) groups is 1. The molecule has 4 aromatic rings. The number of nitrogens with two attached hydrogens (primary N) is 1. The third kappa shape index (κ3) is 75.8. The summed E-state index contributed by atoms with van der Waals surface area (Å²) in [6.07, 6.45) is 12.9. The van der Waals surface area contributed by atoms with Gasteiger partial charge in [-0.3, -0.25) is 29.7 Å². The van der Waals surface area contributed by atoms with Crippen molar-refractivity contribution < 1.29 is 70.4 Å². The number of guanidine groups is 1. The van der Waals surface area contributed by atoms with E-state index in [-0.39, 0.29) is 29.8 Å². The number of thioether (sulfide) groups is 1. The third-order valence-electron chi connectivity index (χ3n) is 7.01. The van der Waals surface area contributed by atoms with Gasteiger partial charge in [-0.2, -0.15) is 14.0 Å². The Bertz CT molecular complexity index is 2220. The summed E-state index contributed by atoms with van der Waals surface area (Å²) in [7, 11) is 17.1. The number of amidine groups is 1. The highest BCUT2D eigenvalue weighted by molar-refractivity contribution is 8.13. The van der Waals surface area contributed by atoms with Crippen molar-refractivity contribution in [1.82, 2.24) is 65.8 Å². The van der Waals surface area contributed by atoms with E-state index in [9.17, 15) is 42.5 Å². The molecular formula is C44H82N18O16S4. The molecule has 0 aliphatic heterocycles. The molecule has 38 heteroatoms. The normalized spacial score (nSPS) is 9.77. The van der Waals surface area contributed by atoms with E-state index in [4.69, 9.17) is 25.2 Å². The van der Waals surface area contributed by atoms with Gasteiger partial charge >= 0.3 is 12.2 Å². The van der Waals surface area contributed by atoms with E-state index >= 15 is 0 Å². The lowest BCUT2D eigenvalue weighted by Crippen LogP contribution is -2.28. The molecule has 5 rings (SSSR count). The Morgan fingerprint density at radius 2 is 1.33 bits per heavy atom. The second kappa shape index (κ2) is 65.1. The molecule has 82 heavy (non-hydrogen) atoms. The van der Waals surface area contributed by atoms with Gasteiger partial charge in [-0.1, -0.05) is 18.7 Å². The molecule has 1 aliphatic rings. The third-order valence-corrected chi connectivity index (χ3v) is 9.51. The lowest BCUT2D eigenvalue weighted by Gasteiger charge is -1.95. The maximum Gasteiger partial charge on any atom is 0.406 e. The Hall–Kier alpha value is -8.41. The zero-order valence-electron chi connectivity index (χ0n) is 49.4. The molecule has 0 unspecified atom stereocenters. The summed E-state index contributed by atoms with van der Waals surface area (Å²) in [4.78, 5) is 70.9. The Balaban J connectivity index is -0.000000150. The Kier molecular flexibility index (Phi) is 69.4. The van der Waals surface area contributed by atoms with Crippen molar-refractivity contribution >= 4 is 85.9 Å². The number of nitrogens with zero attached hydrogens (tertiary/aromatic N) is 9. The molecule has 4 heterocycles. The molecule has 1 aliphatic carbocycles. The van der Waals surface area contributed by atoms with E-state index < -0.39 is 21.1 Å². The van der Waals surface area contributed by atoms with Crippen LogP contribution in [-0.2, 0) is 33.9 Å². The number of alkyl carbamates (subject to hydrolysis) is 2. The van der Waals surface area contributed by atoms with Gasteiger partial charge in [0.25, 0.3) is 11.8 Å². The van der Waals surface area contributed by atoms with Crippen molar-refractivity contribution in [2.24, 2.45) is 21.7 Å². The minimum Gasteiger partial charge on any atom is -0.480 e. The van der Waals surface area contributed by atoms with Gasteiger partial charge in [0.15, 0.2) is 16.4 Å². The highest BCUT2D eigenvalue weighted by Crippen LogP contribution is 2.28. The van der Waals surface area contributed by atoms with Gasteiger partial charge in [0.2, 0.25) is 45.4 Å². The summed E-state index contributed by atoms with van der Waals surface area (Å²) in [5.74, 6) is 2.93. The van der Waals surface area contributed by atoms with E-state index in [1.54, 1.807) is 87.3 Å². The van der Waals surface area contributed by atoms with Gasteiger partial charge < -0.3 is 70.6 Å². The predicted molar refractivity (Wildman–Crippen MR) is 315 cm³/mol. The maximum atomic E-state index is 10.5. The fourth-order valence-corrected chi connectivity index (χ4v) is 4.01. The lowest BCUT2D eigenvalue weighted by atomic mass is 10.4. The predicted octanol–water partition coefficient (Wildman–Crippen LogP) is 2.13. The molecule has 10 N–H and O–H groups in total. The van der Waals surface area contributed by atoms with Crippen LogP contribution in [0.2, 0.25) is 0 Å². The van der Waals surface area contributed by atoms with Gasteiger partial charge in [-0.05, 0) is 61.3 Å². The van der Waals surface area contributed by atoms with Crippen LogP contribution in [0.3, 0.4) is 0 Å². The summed E-state index contributed by atoms with van der Waals surface area (Å²) in [6.45, 7) is 5.48. The minimum atomic E-state index is -2.91. The van der Waals surface area contributed by atoms with Crippen LogP contribution in [0.1, 0.15) is 40.0 Å².